The number of nitrogens with one attached hydrogen (secondary N) is 2. The monoisotopic (exact) mass is 234 g/mol. The van der Waals surface area contributed by atoms with Crippen LogP contribution in [0.25, 0.3) is 0 Å². The molecule has 1 aromatic rings. The summed E-state index contributed by atoms with van der Waals surface area (Å²) < 4.78 is 0. The Morgan fingerprint density at radius 1 is 1.06 bits per heavy atom. The van der Waals surface area contributed by atoms with Crippen LogP contribution in [0.2, 0.25) is 0 Å². The van der Waals surface area contributed by atoms with Gasteiger partial charge in [0, 0.05) is 19.1 Å². The second-order valence-electron chi connectivity index (χ2n) is 5.26. The van der Waals surface area contributed by atoms with Crippen molar-refractivity contribution >= 4 is 0 Å². The number of hydrogen-bond donors (Lipinski definition) is 2. The number of aryl methyl sites for hydroxylation is 1. The molecule has 0 spiro atoms. The van der Waals surface area contributed by atoms with E-state index in [2.05, 4.69) is 62.6 Å². The van der Waals surface area contributed by atoms with E-state index in [-0.39, 0.29) is 0 Å². The third kappa shape index (κ3) is 5.85. The third-order valence-corrected chi connectivity index (χ3v) is 2.91. The van der Waals surface area contributed by atoms with Gasteiger partial charge in [0.25, 0.3) is 0 Å². The lowest BCUT2D eigenvalue weighted by Crippen LogP contribution is -2.37. The normalized spacial score (nSPS) is 13.0. The standard InChI is InChI=1S/C15H26N2/c1-12(2)9-16-10-14(4)17-11-15-8-6-5-7-13(15)3/h5-8,12,14,16-17H,9-11H2,1-4H3. The van der Waals surface area contributed by atoms with Gasteiger partial charge in [-0.05, 0) is 37.4 Å². The van der Waals surface area contributed by atoms with E-state index in [4.69, 9.17) is 0 Å². The molecule has 0 amide bonds. The fraction of sp³-hybridized carbons (Fsp3) is 0.600. The van der Waals surface area contributed by atoms with E-state index in [0.717, 1.165) is 25.6 Å². The summed E-state index contributed by atoms with van der Waals surface area (Å²) >= 11 is 0. The molecule has 2 heteroatoms. The average molecular weight is 234 g/mol. The lowest BCUT2D eigenvalue weighted by atomic mass is 10.1. The van der Waals surface area contributed by atoms with Gasteiger partial charge in [-0.1, -0.05) is 38.1 Å². The molecule has 1 aromatic carbocycles. The van der Waals surface area contributed by atoms with Gasteiger partial charge in [-0.25, -0.2) is 0 Å². The average Bonchev–Trinajstić information content (AvgIpc) is 2.27. The van der Waals surface area contributed by atoms with Crippen LogP contribution in [0, 0.1) is 12.8 Å². The van der Waals surface area contributed by atoms with E-state index in [1.807, 2.05) is 0 Å². The molecule has 0 saturated heterocycles. The maximum Gasteiger partial charge on any atom is 0.0211 e. The van der Waals surface area contributed by atoms with Gasteiger partial charge in [-0.2, -0.15) is 0 Å². The largest absolute Gasteiger partial charge is 0.315 e. The Morgan fingerprint density at radius 3 is 2.41 bits per heavy atom. The maximum atomic E-state index is 3.55. The van der Waals surface area contributed by atoms with Gasteiger partial charge in [0.1, 0.15) is 0 Å². The molecule has 1 unspecified atom stereocenters. The predicted molar refractivity (Wildman–Crippen MR) is 75.2 cm³/mol. The van der Waals surface area contributed by atoms with Crippen LogP contribution >= 0.6 is 0 Å². The first kappa shape index (κ1) is 14.2. The number of hydrogen-bond acceptors (Lipinski definition) is 2. The Bertz CT molecular complexity index is 320. The van der Waals surface area contributed by atoms with E-state index < -0.39 is 0 Å². The zero-order chi connectivity index (χ0) is 12.7. The first-order chi connectivity index (χ1) is 8.09. The van der Waals surface area contributed by atoms with E-state index in [9.17, 15) is 0 Å². The third-order valence-electron chi connectivity index (χ3n) is 2.91. The van der Waals surface area contributed by atoms with Crippen LogP contribution < -0.4 is 10.6 Å². The van der Waals surface area contributed by atoms with Gasteiger partial charge in [0.2, 0.25) is 0 Å². The number of rotatable bonds is 7. The van der Waals surface area contributed by atoms with Crippen molar-refractivity contribution in [2.24, 2.45) is 5.92 Å². The van der Waals surface area contributed by atoms with Gasteiger partial charge in [-0.15, -0.1) is 0 Å². The second-order valence-corrected chi connectivity index (χ2v) is 5.26. The van der Waals surface area contributed by atoms with Gasteiger partial charge >= 0.3 is 0 Å². The molecule has 2 N–H and O–H groups in total. The summed E-state index contributed by atoms with van der Waals surface area (Å²) in [6.45, 7) is 11.9. The maximum absolute atomic E-state index is 3.55. The summed E-state index contributed by atoms with van der Waals surface area (Å²) in [5.41, 5.74) is 2.76. The molecule has 96 valence electrons. The molecule has 1 rings (SSSR count). The van der Waals surface area contributed by atoms with Gasteiger partial charge in [-0.3, -0.25) is 0 Å². The number of benzene rings is 1. The van der Waals surface area contributed by atoms with Crippen molar-refractivity contribution in [1.29, 1.82) is 0 Å². The van der Waals surface area contributed by atoms with Crippen molar-refractivity contribution < 1.29 is 0 Å². The van der Waals surface area contributed by atoms with E-state index in [0.29, 0.717) is 6.04 Å². The fourth-order valence-electron chi connectivity index (χ4n) is 1.75. The summed E-state index contributed by atoms with van der Waals surface area (Å²) in [6.07, 6.45) is 0. The predicted octanol–water partition coefficient (Wildman–Crippen LogP) is 2.72. The second kappa shape index (κ2) is 7.46. The first-order valence-corrected chi connectivity index (χ1v) is 6.58. The van der Waals surface area contributed by atoms with Gasteiger partial charge < -0.3 is 10.6 Å². The summed E-state index contributed by atoms with van der Waals surface area (Å²) in [7, 11) is 0. The fourth-order valence-corrected chi connectivity index (χ4v) is 1.75. The summed E-state index contributed by atoms with van der Waals surface area (Å²) in [5, 5.41) is 7.02. The molecule has 0 heterocycles. The Kier molecular flexibility index (Phi) is 6.23. The summed E-state index contributed by atoms with van der Waals surface area (Å²) in [6, 6.07) is 9.06. The topological polar surface area (TPSA) is 24.1 Å². The zero-order valence-corrected chi connectivity index (χ0v) is 11.6. The zero-order valence-electron chi connectivity index (χ0n) is 11.6. The van der Waals surface area contributed by atoms with Crippen LogP contribution in [0.5, 0.6) is 0 Å². The molecule has 2 nitrogen and oxygen atoms in total. The highest BCUT2D eigenvalue weighted by molar-refractivity contribution is 5.25. The van der Waals surface area contributed by atoms with Crippen LogP contribution in [0.1, 0.15) is 31.9 Å². The molecule has 0 aliphatic rings. The lowest BCUT2D eigenvalue weighted by Gasteiger charge is -2.16. The molecular weight excluding hydrogens is 208 g/mol. The van der Waals surface area contributed by atoms with E-state index in [1.165, 1.54) is 11.1 Å². The first-order valence-electron chi connectivity index (χ1n) is 6.58. The van der Waals surface area contributed by atoms with Crippen LogP contribution in [0.15, 0.2) is 24.3 Å². The lowest BCUT2D eigenvalue weighted by molar-refractivity contribution is 0.472. The van der Waals surface area contributed by atoms with E-state index >= 15 is 0 Å². The Labute approximate surface area is 106 Å². The molecular formula is C15H26N2. The SMILES string of the molecule is Cc1ccccc1CNC(C)CNCC(C)C. The molecule has 0 aromatic heterocycles. The Balaban J connectivity index is 2.24. The molecule has 17 heavy (non-hydrogen) atoms. The molecule has 0 bridgehead atoms. The van der Waals surface area contributed by atoms with Crippen molar-refractivity contribution in [2.75, 3.05) is 13.1 Å². The Hall–Kier alpha value is -0.860. The van der Waals surface area contributed by atoms with Gasteiger partial charge in [0.05, 0.1) is 0 Å². The minimum absolute atomic E-state index is 0.508. The van der Waals surface area contributed by atoms with Crippen LogP contribution in [0.3, 0.4) is 0 Å². The highest BCUT2D eigenvalue weighted by Crippen LogP contribution is 2.06. The minimum Gasteiger partial charge on any atom is -0.315 e. The Morgan fingerprint density at radius 2 is 1.76 bits per heavy atom. The smallest absolute Gasteiger partial charge is 0.0211 e. The van der Waals surface area contributed by atoms with Crippen molar-refractivity contribution in [3.63, 3.8) is 0 Å². The van der Waals surface area contributed by atoms with Crippen LogP contribution in [0.4, 0.5) is 0 Å². The molecule has 0 aliphatic heterocycles. The summed E-state index contributed by atoms with van der Waals surface area (Å²) in [5.74, 6) is 0.721. The van der Waals surface area contributed by atoms with Crippen molar-refractivity contribution in [1.82, 2.24) is 10.6 Å². The van der Waals surface area contributed by atoms with E-state index in [1.54, 1.807) is 0 Å². The molecule has 0 aliphatic carbocycles. The van der Waals surface area contributed by atoms with Crippen LogP contribution in [-0.4, -0.2) is 19.1 Å². The van der Waals surface area contributed by atoms with Crippen LogP contribution in [-0.2, 0) is 6.54 Å². The van der Waals surface area contributed by atoms with Crippen molar-refractivity contribution in [3.8, 4) is 0 Å². The van der Waals surface area contributed by atoms with Gasteiger partial charge in [0.15, 0.2) is 0 Å². The highest BCUT2D eigenvalue weighted by Gasteiger charge is 2.02. The quantitative estimate of drug-likeness (QED) is 0.758. The summed E-state index contributed by atoms with van der Waals surface area (Å²) in [4.78, 5) is 0. The minimum atomic E-state index is 0.508. The molecule has 0 fully saturated rings. The van der Waals surface area contributed by atoms with Crippen molar-refractivity contribution in [3.05, 3.63) is 35.4 Å². The van der Waals surface area contributed by atoms with Crippen molar-refractivity contribution in [2.45, 2.75) is 40.3 Å². The molecule has 1 atom stereocenters. The molecule has 0 saturated carbocycles. The molecule has 0 radical (unpaired) electrons. The highest BCUT2D eigenvalue weighted by atomic mass is 15.0.